The van der Waals surface area contributed by atoms with Crippen LogP contribution >= 0.6 is 22.7 Å². The van der Waals surface area contributed by atoms with Crippen LogP contribution in [0.4, 0.5) is 5.00 Å². The van der Waals surface area contributed by atoms with E-state index in [0.717, 1.165) is 25.8 Å². The Labute approximate surface area is 154 Å². The van der Waals surface area contributed by atoms with Gasteiger partial charge in [0, 0.05) is 16.0 Å². The second-order valence-electron chi connectivity index (χ2n) is 5.79. The lowest BCUT2D eigenvalue weighted by Gasteiger charge is -2.05. The van der Waals surface area contributed by atoms with E-state index in [4.69, 9.17) is 4.98 Å². The van der Waals surface area contributed by atoms with Gasteiger partial charge < -0.3 is 5.32 Å². The van der Waals surface area contributed by atoms with Crippen LogP contribution in [0.5, 0.6) is 0 Å². The minimum absolute atomic E-state index is 0.0933. The zero-order valence-electron chi connectivity index (χ0n) is 13.9. The standard InChI is InChI=1S/C20H16N2OS2/c1-12-13(2)24-20(22-18(23)14-8-4-3-5-9-14)17(12)19-21-15-10-6-7-11-16(15)25-19/h3-11H,1-2H3,(H,22,23). The second kappa shape index (κ2) is 6.43. The van der Waals surface area contributed by atoms with Crippen molar-refractivity contribution in [3.05, 3.63) is 70.6 Å². The van der Waals surface area contributed by atoms with Crippen molar-refractivity contribution < 1.29 is 4.79 Å². The number of benzene rings is 2. The van der Waals surface area contributed by atoms with Crippen LogP contribution in [-0.2, 0) is 0 Å². The van der Waals surface area contributed by atoms with E-state index in [1.165, 1.54) is 10.4 Å². The second-order valence-corrected chi connectivity index (χ2v) is 8.05. The van der Waals surface area contributed by atoms with Gasteiger partial charge in [-0.2, -0.15) is 0 Å². The number of nitrogens with one attached hydrogen (secondary N) is 1. The van der Waals surface area contributed by atoms with Gasteiger partial charge in [0.1, 0.15) is 10.0 Å². The molecule has 25 heavy (non-hydrogen) atoms. The largest absolute Gasteiger partial charge is 0.313 e. The first-order chi connectivity index (χ1) is 12.1. The minimum atomic E-state index is -0.0933. The lowest BCUT2D eigenvalue weighted by atomic mass is 10.1. The summed E-state index contributed by atoms with van der Waals surface area (Å²) in [6.45, 7) is 4.17. The minimum Gasteiger partial charge on any atom is -0.313 e. The van der Waals surface area contributed by atoms with Crippen molar-refractivity contribution in [2.45, 2.75) is 13.8 Å². The smallest absolute Gasteiger partial charge is 0.256 e. The first-order valence-corrected chi connectivity index (χ1v) is 9.59. The Morgan fingerprint density at radius 3 is 2.44 bits per heavy atom. The summed E-state index contributed by atoms with van der Waals surface area (Å²) in [7, 11) is 0. The Bertz CT molecular complexity index is 1030. The summed E-state index contributed by atoms with van der Waals surface area (Å²) in [6, 6.07) is 17.4. The Morgan fingerprint density at radius 1 is 0.960 bits per heavy atom. The lowest BCUT2D eigenvalue weighted by molar-refractivity contribution is 0.102. The third-order valence-corrected chi connectivity index (χ3v) is 6.33. The molecule has 0 aliphatic heterocycles. The number of carbonyl (C=O) groups is 1. The number of para-hydroxylation sites is 1. The van der Waals surface area contributed by atoms with E-state index in [1.807, 2.05) is 48.5 Å². The van der Waals surface area contributed by atoms with Crippen molar-refractivity contribution >= 4 is 43.8 Å². The van der Waals surface area contributed by atoms with E-state index in [-0.39, 0.29) is 5.91 Å². The number of anilines is 1. The Morgan fingerprint density at radius 2 is 1.68 bits per heavy atom. The first-order valence-electron chi connectivity index (χ1n) is 7.96. The molecule has 4 rings (SSSR count). The van der Waals surface area contributed by atoms with Crippen molar-refractivity contribution in [1.29, 1.82) is 0 Å². The highest BCUT2D eigenvalue weighted by Crippen LogP contribution is 2.43. The number of aromatic nitrogens is 1. The molecule has 0 fully saturated rings. The summed E-state index contributed by atoms with van der Waals surface area (Å²) < 4.78 is 1.15. The molecule has 3 nitrogen and oxygen atoms in total. The van der Waals surface area contributed by atoms with Crippen LogP contribution in [0.2, 0.25) is 0 Å². The molecule has 4 aromatic rings. The number of nitrogens with zero attached hydrogens (tertiary/aromatic N) is 1. The van der Waals surface area contributed by atoms with Crippen LogP contribution in [0.15, 0.2) is 54.6 Å². The van der Waals surface area contributed by atoms with E-state index in [2.05, 4.69) is 25.2 Å². The summed E-state index contributed by atoms with van der Waals surface area (Å²) in [5.41, 5.74) is 3.85. The van der Waals surface area contributed by atoms with E-state index in [9.17, 15) is 4.79 Å². The number of hydrogen-bond acceptors (Lipinski definition) is 4. The van der Waals surface area contributed by atoms with Gasteiger partial charge in [-0.3, -0.25) is 4.79 Å². The average molecular weight is 364 g/mol. The molecule has 0 radical (unpaired) electrons. The number of amides is 1. The van der Waals surface area contributed by atoms with Gasteiger partial charge in [-0.25, -0.2) is 4.98 Å². The van der Waals surface area contributed by atoms with Crippen LogP contribution in [0.25, 0.3) is 20.8 Å². The molecule has 124 valence electrons. The molecule has 0 saturated heterocycles. The van der Waals surface area contributed by atoms with E-state index < -0.39 is 0 Å². The van der Waals surface area contributed by atoms with E-state index in [0.29, 0.717) is 5.56 Å². The van der Waals surface area contributed by atoms with Gasteiger partial charge in [-0.15, -0.1) is 22.7 Å². The van der Waals surface area contributed by atoms with Crippen molar-refractivity contribution in [3.8, 4) is 10.6 Å². The van der Waals surface area contributed by atoms with Gasteiger partial charge in [0.2, 0.25) is 0 Å². The maximum absolute atomic E-state index is 12.6. The molecule has 0 aliphatic carbocycles. The van der Waals surface area contributed by atoms with Crippen LogP contribution in [-0.4, -0.2) is 10.9 Å². The average Bonchev–Trinajstić information content (AvgIpc) is 3.16. The van der Waals surface area contributed by atoms with Crippen molar-refractivity contribution in [1.82, 2.24) is 4.98 Å². The number of rotatable bonds is 3. The highest BCUT2D eigenvalue weighted by Gasteiger charge is 2.20. The van der Waals surface area contributed by atoms with E-state index >= 15 is 0 Å². The molecule has 2 heterocycles. The normalized spacial score (nSPS) is 11.0. The van der Waals surface area contributed by atoms with Crippen LogP contribution in [0.3, 0.4) is 0 Å². The first kappa shape index (κ1) is 16.0. The molecule has 2 aromatic heterocycles. The molecule has 0 bridgehead atoms. The summed E-state index contributed by atoms with van der Waals surface area (Å²) in [5.74, 6) is -0.0933. The molecule has 1 N–H and O–H groups in total. The van der Waals surface area contributed by atoms with Gasteiger partial charge in [0.15, 0.2) is 0 Å². The summed E-state index contributed by atoms with van der Waals surface area (Å²) >= 11 is 3.26. The molecular weight excluding hydrogens is 348 g/mol. The summed E-state index contributed by atoms with van der Waals surface area (Å²) in [5, 5.41) is 4.89. The number of aryl methyl sites for hydroxylation is 1. The summed E-state index contributed by atoms with van der Waals surface area (Å²) in [6.07, 6.45) is 0. The number of carbonyl (C=O) groups excluding carboxylic acids is 1. The Kier molecular flexibility index (Phi) is 4.11. The zero-order chi connectivity index (χ0) is 17.4. The van der Waals surface area contributed by atoms with Gasteiger partial charge >= 0.3 is 0 Å². The fourth-order valence-electron chi connectivity index (χ4n) is 2.72. The monoisotopic (exact) mass is 364 g/mol. The number of thiophene rings is 1. The van der Waals surface area contributed by atoms with Gasteiger partial charge in [-0.05, 0) is 43.7 Å². The van der Waals surface area contributed by atoms with Crippen LogP contribution in [0, 0.1) is 13.8 Å². The maximum Gasteiger partial charge on any atom is 0.256 e. The molecule has 0 unspecified atom stereocenters. The number of hydrogen-bond donors (Lipinski definition) is 1. The SMILES string of the molecule is Cc1sc(NC(=O)c2ccccc2)c(-c2nc3ccccc3s2)c1C. The van der Waals surface area contributed by atoms with Crippen molar-refractivity contribution in [3.63, 3.8) is 0 Å². The van der Waals surface area contributed by atoms with E-state index in [1.54, 1.807) is 22.7 Å². The molecule has 0 saturated carbocycles. The summed E-state index contributed by atoms with van der Waals surface area (Å²) in [4.78, 5) is 18.5. The van der Waals surface area contributed by atoms with Crippen LogP contribution in [0.1, 0.15) is 20.8 Å². The zero-order valence-corrected chi connectivity index (χ0v) is 15.5. The highest BCUT2D eigenvalue weighted by molar-refractivity contribution is 7.22. The van der Waals surface area contributed by atoms with Gasteiger partial charge in [0.25, 0.3) is 5.91 Å². The quantitative estimate of drug-likeness (QED) is 0.492. The lowest BCUT2D eigenvalue weighted by Crippen LogP contribution is -2.11. The molecule has 1 amide bonds. The number of fused-ring (bicyclic) bond motifs is 1. The molecule has 0 atom stereocenters. The number of thiazole rings is 1. The highest BCUT2D eigenvalue weighted by atomic mass is 32.1. The predicted molar refractivity (Wildman–Crippen MR) is 107 cm³/mol. The predicted octanol–water partition coefficient (Wildman–Crippen LogP) is 5.89. The Hall–Kier alpha value is -2.50. The Balaban J connectivity index is 1.77. The third-order valence-electron chi connectivity index (χ3n) is 4.16. The van der Waals surface area contributed by atoms with Gasteiger partial charge in [0.05, 0.1) is 10.2 Å². The molecule has 0 aliphatic rings. The van der Waals surface area contributed by atoms with Gasteiger partial charge in [-0.1, -0.05) is 30.3 Å². The third kappa shape index (κ3) is 2.97. The van der Waals surface area contributed by atoms with Crippen LogP contribution < -0.4 is 5.32 Å². The molecule has 5 heteroatoms. The molecular formula is C20H16N2OS2. The fraction of sp³-hybridized carbons (Fsp3) is 0.100. The maximum atomic E-state index is 12.6. The van der Waals surface area contributed by atoms with Crippen molar-refractivity contribution in [2.75, 3.05) is 5.32 Å². The molecule has 0 spiro atoms. The topological polar surface area (TPSA) is 42.0 Å². The molecule has 2 aromatic carbocycles. The van der Waals surface area contributed by atoms with Crippen molar-refractivity contribution in [2.24, 2.45) is 0 Å². The fourth-order valence-corrected chi connectivity index (χ4v) is 4.91.